The predicted octanol–water partition coefficient (Wildman–Crippen LogP) is 3.72. The minimum atomic E-state index is -0.304. The summed E-state index contributed by atoms with van der Waals surface area (Å²) < 4.78 is 0. The number of nitro benzene ring substituents is 1. The van der Waals surface area contributed by atoms with Gasteiger partial charge in [0.1, 0.15) is 0 Å². The van der Waals surface area contributed by atoms with E-state index in [0.717, 1.165) is 11.1 Å². The van der Waals surface area contributed by atoms with Gasteiger partial charge in [0.2, 0.25) is 0 Å². The van der Waals surface area contributed by atoms with Crippen molar-refractivity contribution in [2.45, 2.75) is 58.0 Å². The van der Waals surface area contributed by atoms with E-state index >= 15 is 0 Å². The summed E-state index contributed by atoms with van der Waals surface area (Å²) in [7, 11) is 0. The van der Waals surface area contributed by atoms with E-state index in [1.54, 1.807) is 12.1 Å². The average molecular weight is 262 g/mol. The zero-order valence-corrected chi connectivity index (χ0v) is 11.7. The van der Waals surface area contributed by atoms with E-state index in [1.807, 2.05) is 13.0 Å². The van der Waals surface area contributed by atoms with Crippen LogP contribution in [0.1, 0.15) is 50.2 Å². The normalized spacial score (nSPS) is 18.2. The molecule has 19 heavy (non-hydrogen) atoms. The molecule has 1 saturated carbocycles. The standard InChI is InChI=1S/C15H22N2O2/c1-12-13(7-6-8-14(12)17(18)19)11-16-15(2)9-4-3-5-10-15/h6-8,16H,3-5,9-11H2,1-2H3. The third kappa shape index (κ3) is 3.32. The molecule has 2 rings (SSSR count). The Kier molecular flexibility index (Phi) is 4.20. The molecule has 1 fully saturated rings. The first-order chi connectivity index (χ1) is 9.02. The van der Waals surface area contributed by atoms with Crippen LogP contribution < -0.4 is 5.32 Å². The second-order valence-electron chi connectivity index (χ2n) is 5.79. The molecule has 1 aliphatic rings. The zero-order valence-electron chi connectivity index (χ0n) is 11.7. The van der Waals surface area contributed by atoms with Gasteiger partial charge in [-0.3, -0.25) is 10.1 Å². The molecule has 0 spiro atoms. The maximum atomic E-state index is 10.9. The van der Waals surface area contributed by atoms with Crippen molar-refractivity contribution in [3.63, 3.8) is 0 Å². The van der Waals surface area contributed by atoms with Crippen LogP contribution in [0.5, 0.6) is 0 Å². The monoisotopic (exact) mass is 262 g/mol. The Morgan fingerprint density at radius 3 is 2.63 bits per heavy atom. The van der Waals surface area contributed by atoms with Crippen LogP contribution in [0.3, 0.4) is 0 Å². The number of benzene rings is 1. The fourth-order valence-corrected chi connectivity index (χ4v) is 2.88. The zero-order chi connectivity index (χ0) is 13.9. The van der Waals surface area contributed by atoms with Crippen molar-refractivity contribution in [3.05, 3.63) is 39.4 Å². The first kappa shape index (κ1) is 14.0. The molecule has 4 nitrogen and oxygen atoms in total. The largest absolute Gasteiger partial charge is 0.307 e. The number of nitrogens with zero attached hydrogens (tertiary/aromatic N) is 1. The number of hydrogen-bond donors (Lipinski definition) is 1. The molecule has 0 saturated heterocycles. The average Bonchev–Trinajstić information content (AvgIpc) is 2.38. The molecular formula is C15H22N2O2. The highest BCUT2D eigenvalue weighted by Crippen LogP contribution is 2.28. The van der Waals surface area contributed by atoms with E-state index in [0.29, 0.717) is 6.54 Å². The Morgan fingerprint density at radius 2 is 2.00 bits per heavy atom. The van der Waals surface area contributed by atoms with E-state index in [2.05, 4.69) is 12.2 Å². The van der Waals surface area contributed by atoms with Gasteiger partial charge in [0.25, 0.3) is 5.69 Å². The highest BCUT2D eigenvalue weighted by atomic mass is 16.6. The third-order valence-corrected chi connectivity index (χ3v) is 4.28. The Hall–Kier alpha value is -1.42. The van der Waals surface area contributed by atoms with E-state index in [1.165, 1.54) is 32.1 Å². The third-order valence-electron chi connectivity index (χ3n) is 4.28. The van der Waals surface area contributed by atoms with Gasteiger partial charge in [-0.1, -0.05) is 31.4 Å². The molecule has 0 heterocycles. The van der Waals surface area contributed by atoms with Crippen molar-refractivity contribution in [1.82, 2.24) is 5.32 Å². The molecule has 1 aromatic carbocycles. The van der Waals surface area contributed by atoms with Gasteiger partial charge in [-0.25, -0.2) is 0 Å². The fourth-order valence-electron chi connectivity index (χ4n) is 2.88. The summed E-state index contributed by atoms with van der Waals surface area (Å²) in [4.78, 5) is 10.6. The van der Waals surface area contributed by atoms with Gasteiger partial charge in [-0.05, 0) is 32.3 Å². The lowest BCUT2D eigenvalue weighted by Crippen LogP contribution is -2.43. The molecule has 104 valence electrons. The maximum Gasteiger partial charge on any atom is 0.272 e. The van der Waals surface area contributed by atoms with Crippen LogP contribution in [0.25, 0.3) is 0 Å². The minimum absolute atomic E-state index is 0.190. The van der Waals surface area contributed by atoms with Crippen molar-refractivity contribution >= 4 is 5.69 Å². The summed E-state index contributed by atoms with van der Waals surface area (Å²) in [6.07, 6.45) is 6.27. The van der Waals surface area contributed by atoms with Gasteiger partial charge < -0.3 is 5.32 Å². The number of rotatable bonds is 4. The topological polar surface area (TPSA) is 55.2 Å². The summed E-state index contributed by atoms with van der Waals surface area (Å²) in [5.74, 6) is 0. The molecule has 1 N–H and O–H groups in total. The molecule has 1 aliphatic carbocycles. The second-order valence-corrected chi connectivity index (χ2v) is 5.79. The van der Waals surface area contributed by atoms with Crippen molar-refractivity contribution in [1.29, 1.82) is 0 Å². The predicted molar refractivity (Wildman–Crippen MR) is 76.2 cm³/mol. The van der Waals surface area contributed by atoms with Crippen molar-refractivity contribution in [3.8, 4) is 0 Å². The van der Waals surface area contributed by atoms with Crippen LogP contribution in [0.2, 0.25) is 0 Å². The lowest BCUT2D eigenvalue weighted by atomic mass is 9.83. The summed E-state index contributed by atoms with van der Waals surface area (Å²) in [6, 6.07) is 5.31. The van der Waals surface area contributed by atoms with Gasteiger partial charge in [0, 0.05) is 23.7 Å². The molecule has 0 atom stereocenters. The highest BCUT2D eigenvalue weighted by Gasteiger charge is 2.26. The first-order valence-corrected chi connectivity index (χ1v) is 7.00. The molecule has 0 unspecified atom stereocenters. The molecule has 0 radical (unpaired) electrons. The van der Waals surface area contributed by atoms with E-state index in [9.17, 15) is 10.1 Å². The molecule has 0 amide bonds. The van der Waals surface area contributed by atoms with Gasteiger partial charge in [-0.15, -0.1) is 0 Å². The van der Waals surface area contributed by atoms with Crippen molar-refractivity contribution in [2.75, 3.05) is 0 Å². The number of hydrogen-bond acceptors (Lipinski definition) is 3. The quantitative estimate of drug-likeness (QED) is 0.664. The van der Waals surface area contributed by atoms with E-state index in [4.69, 9.17) is 0 Å². The Bertz CT molecular complexity index is 465. The maximum absolute atomic E-state index is 10.9. The minimum Gasteiger partial charge on any atom is -0.307 e. The summed E-state index contributed by atoms with van der Waals surface area (Å²) in [6.45, 7) is 4.81. The van der Waals surface area contributed by atoms with Crippen molar-refractivity contribution in [2.24, 2.45) is 0 Å². The van der Waals surface area contributed by atoms with E-state index in [-0.39, 0.29) is 16.1 Å². The van der Waals surface area contributed by atoms with Crippen LogP contribution in [0.4, 0.5) is 5.69 Å². The van der Waals surface area contributed by atoms with Crippen molar-refractivity contribution < 1.29 is 4.92 Å². The molecule has 0 aromatic heterocycles. The lowest BCUT2D eigenvalue weighted by Gasteiger charge is -2.35. The molecular weight excluding hydrogens is 240 g/mol. The smallest absolute Gasteiger partial charge is 0.272 e. The second kappa shape index (κ2) is 5.70. The van der Waals surface area contributed by atoms with Gasteiger partial charge in [0.15, 0.2) is 0 Å². The van der Waals surface area contributed by atoms with Crippen LogP contribution in [0, 0.1) is 17.0 Å². The van der Waals surface area contributed by atoms with Gasteiger partial charge >= 0.3 is 0 Å². The van der Waals surface area contributed by atoms with Crippen LogP contribution >= 0.6 is 0 Å². The molecule has 0 bridgehead atoms. The molecule has 4 heteroatoms. The summed E-state index contributed by atoms with van der Waals surface area (Å²) >= 11 is 0. The van der Waals surface area contributed by atoms with Crippen LogP contribution in [-0.4, -0.2) is 10.5 Å². The van der Waals surface area contributed by atoms with Crippen LogP contribution in [-0.2, 0) is 6.54 Å². The fraction of sp³-hybridized carbons (Fsp3) is 0.600. The Morgan fingerprint density at radius 1 is 1.32 bits per heavy atom. The molecule has 1 aromatic rings. The summed E-state index contributed by atoms with van der Waals surface area (Å²) in [5, 5.41) is 14.5. The summed E-state index contributed by atoms with van der Waals surface area (Å²) in [5.41, 5.74) is 2.21. The van der Waals surface area contributed by atoms with Gasteiger partial charge in [0.05, 0.1) is 4.92 Å². The SMILES string of the molecule is Cc1c(CNC2(C)CCCCC2)cccc1[N+](=O)[O-]. The Labute approximate surface area is 114 Å². The van der Waals surface area contributed by atoms with Gasteiger partial charge in [-0.2, -0.15) is 0 Å². The van der Waals surface area contributed by atoms with E-state index < -0.39 is 0 Å². The Balaban J connectivity index is 2.07. The first-order valence-electron chi connectivity index (χ1n) is 7.00. The molecule has 0 aliphatic heterocycles. The van der Waals surface area contributed by atoms with Crippen LogP contribution in [0.15, 0.2) is 18.2 Å². The number of nitrogens with one attached hydrogen (secondary N) is 1. The number of nitro groups is 1. The highest BCUT2D eigenvalue weighted by molar-refractivity contribution is 5.44. The lowest BCUT2D eigenvalue weighted by molar-refractivity contribution is -0.385.